The van der Waals surface area contributed by atoms with E-state index in [0.717, 1.165) is 5.56 Å². The number of nitrogens with one attached hydrogen (secondary N) is 1. The van der Waals surface area contributed by atoms with Crippen LogP contribution < -0.4 is 14.8 Å². The quantitative estimate of drug-likeness (QED) is 0.358. The lowest BCUT2D eigenvalue weighted by molar-refractivity contribution is -0.142. The van der Waals surface area contributed by atoms with Crippen molar-refractivity contribution in [2.24, 2.45) is 0 Å². The van der Waals surface area contributed by atoms with Gasteiger partial charge in [0.1, 0.15) is 17.5 Å². The summed E-state index contributed by atoms with van der Waals surface area (Å²) in [6.07, 6.45) is 0. The van der Waals surface area contributed by atoms with Crippen LogP contribution in [0.3, 0.4) is 0 Å². The van der Waals surface area contributed by atoms with E-state index in [1.165, 1.54) is 4.90 Å². The highest BCUT2D eigenvalue weighted by atomic mass is 35.5. The van der Waals surface area contributed by atoms with E-state index in [4.69, 9.17) is 44.3 Å². The summed E-state index contributed by atoms with van der Waals surface area (Å²) < 4.78 is 10.8. The molecule has 0 radical (unpaired) electrons. The van der Waals surface area contributed by atoms with E-state index in [1.54, 1.807) is 68.6 Å². The predicted molar refractivity (Wildman–Crippen MR) is 138 cm³/mol. The van der Waals surface area contributed by atoms with E-state index < -0.39 is 6.04 Å². The van der Waals surface area contributed by atoms with E-state index in [1.807, 2.05) is 12.1 Å². The van der Waals surface area contributed by atoms with Gasteiger partial charge < -0.3 is 19.7 Å². The Hall–Kier alpha value is -2.93. The van der Waals surface area contributed by atoms with Crippen LogP contribution in [-0.4, -0.2) is 36.5 Å². The van der Waals surface area contributed by atoms with Gasteiger partial charge >= 0.3 is 0 Å². The van der Waals surface area contributed by atoms with E-state index in [0.29, 0.717) is 32.1 Å². The highest BCUT2D eigenvalue weighted by Gasteiger charge is 2.27. The predicted octanol–water partition coefficient (Wildman–Crippen LogP) is 5.77. The standard InChI is InChI=1S/C26H25Cl3N2O4/c1-17(26(33)30-14-19-9-10-20(27)13-23(19)29)31(15-18-7-11-21(34-2)12-8-18)25(32)16-35-24-6-4-3-5-22(24)28/h3-13,17H,14-16H2,1-2H3,(H,30,33). The van der Waals surface area contributed by atoms with Crippen LogP contribution in [0.15, 0.2) is 66.7 Å². The molecule has 0 aliphatic heterocycles. The van der Waals surface area contributed by atoms with Crippen molar-refractivity contribution in [3.05, 3.63) is 92.9 Å². The molecule has 35 heavy (non-hydrogen) atoms. The number of carbonyl (C=O) groups is 2. The van der Waals surface area contributed by atoms with Crippen molar-refractivity contribution < 1.29 is 19.1 Å². The van der Waals surface area contributed by atoms with Crippen LogP contribution in [-0.2, 0) is 22.7 Å². The van der Waals surface area contributed by atoms with Gasteiger partial charge in [0, 0.05) is 23.1 Å². The molecule has 0 heterocycles. The molecule has 0 saturated heterocycles. The average molecular weight is 536 g/mol. The molecule has 6 nitrogen and oxygen atoms in total. The van der Waals surface area contributed by atoms with Crippen LogP contribution in [0.25, 0.3) is 0 Å². The lowest BCUT2D eigenvalue weighted by Gasteiger charge is -2.29. The van der Waals surface area contributed by atoms with E-state index >= 15 is 0 Å². The summed E-state index contributed by atoms with van der Waals surface area (Å²) in [6.45, 7) is 1.78. The molecule has 0 saturated carbocycles. The number of halogens is 3. The van der Waals surface area contributed by atoms with E-state index in [-0.39, 0.29) is 31.5 Å². The first-order valence-corrected chi connectivity index (χ1v) is 11.9. The van der Waals surface area contributed by atoms with E-state index in [9.17, 15) is 9.59 Å². The minimum atomic E-state index is -0.787. The molecule has 3 aromatic carbocycles. The fourth-order valence-electron chi connectivity index (χ4n) is 3.29. The first-order valence-electron chi connectivity index (χ1n) is 10.8. The third kappa shape index (κ3) is 7.52. The number of para-hydroxylation sites is 1. The van der Waals surface area contributed by atoms with Crippen LogP contribution in [0.5, 0.6) is 11.5 Å². The Morgan fingerprint density at radius 2 is 1.69 bits per heavy atom. The lowest BCUT2D eigenvalue weighted by Crippen LogP contribution is -2.48. The maximum absolute atomic E-state index is 13.2. The van der Waals surface area contributed by atoms with Crippen LogP contribution in [0.1, 0.15) is 18.1 Å². The van der Waals surface area contributed by atoms with E-state index in [2.05, 4.69) is 5.32 Å². The highest BCUT2D eigenvalue weighted by molar-refractivity contribution is 6.35. The van der Waals surface area contributed by atoms with Gasteiger partial charge in [-0.05, 0) is 54.4 Å². The third-order valence-corrected chi connectivity index (χ3v) is 6.23. The van der Waals surface area contributed by atoms with Crippen LogP contribution in [0.4, 0.5) is 0 Å². The van der Waals surface area contributed by atoms with Crippen molar-refractivity contribution >= 4 is 46.6 Å². The number of nitrogens with zero attached hydrogens (tertiary/aromatic N) is 1. The van der Waals surface area contributed by atoms with Gasteiger partial charge in [0.25, 0.3) is 5.91 Å². The van der Waals surface area contributed by atoms with Gasteiger partial charge in [-0.15, -0.1) is 0 Å². The zero-order valence-electron chi connectivity index (χ0n) is 19.3. The number of hydrogen-bond donors (Lipinski definition) is 1. The Morgan fingerprint density at radius 3 is 2.34 bits per heavy atom. The van der Waals surface area contributed by atoms with Crippen molar-refractivity contribution in [1.82, 2.24) is 10.2 Å². The molecule has 0 spiro atoms. The van der Waals surface area contributed by atoms with Gasteiger partial charge in [0.05, 0.1) is 12.1 Å². The number of rotatable bonds is 10. The second-order valence-electron chi connectivity index (χ2n) is 7.72. The molecule has 0 aliphatic carbocycles. The van der Waals surface area contributed by atoms with Crippen LogP contribution in [0, 0.1) is 0 Å². The van der Waals surface area contributed by atoms with Crippen molar-refractivity contribution in [3.63, 3.8) is 0 Å². The first kappa shape index (κ1) is 26.7. The topological polar surface area (TPSA) is 67.9 Å². The van der Waals surface area contributed by atoms with Crippen molar-refractivity contribution in [1.29, 1.82) is 0 Å². The van der Waals surface area contributed by atoms with Crippen molar-refractivity contribution in [3.8, 4) is 11.5 Å². The fraction of sp³-hybridized carbons (Fsp3) is 0.231. The summed E-state index contributed by atoms with van der Waals surface area (Å²) in [5, 5.41) is 4.19. The summed E-state index contributed by atoms with van der Waals surface area (Å²) in [5.41, 5.74) is 1.55. The van der Waals surface area contributed by atoms with Gasteiger partial charge in [0.2, 0.25) is 5.91 Å². The number of ether oxygens (including phenoxy) is 2. The first-order chi connectivity index (χ1) is 16.8. The normalized spacial score (nSPS) is 11.5. The zero-order chi connectivity index (χ0) is 25.4. The molecule has 0 aliphatic rings. The smallest absolute Gasteiger partial charge is 0.261 e. The summed E-state index contributed by atoms with van der Waals surface area (Å²) in [4.78, 5) is 27.6. The number of benzene rings is 3. The summed E-state index contributed by atoms with van der Waals surface area (Å²) in [6, 6.07) is 18.4. The number of methoxy groups -OCH3 is 1. The highest BCUT2D eigenvalue weighted by Crippen LogP contribution is 2.24. The van der Waals surface area contributed by atoms with Gasteiger partial charge in [-0.3, -0.25) is 9.59 Å². The Balaban J connectivity index is 1.73. The van der Waals surface area contributed by atoms with Crippen molar-refractivity contribution in [2.45, 2.75) is 26.1 Å². The minimum Gasteiger partial charge on any atom is -0.497 e. The Labute approximate surface area is 219 Å². The Bertz CT molecular complexity index is 1170. The van der Waals surface area contributed by atoms with Crippen LogP contribution in [0.2, 0.25) is 15.1 Å². The fourth-order valence-corrected chi connectivity index (χ4v) is 3.96. The zero-order valence-corrected chi connectivity index (χ0v) is 21.5. The molecule has 184 valence electrons. The molecule has 1 N–H and O–H groups in total. The Morgan fingerprint density at radius 1 is 0.971 bits per heavy atom. The molecule has 3 aromatic rings. The monoisotopic (exact) mass is 534 g/mol. The molecular weight excluding hydrogens is 511 g/mol. The average Bonchev–Trinajstić information content (AvgIpc) is 2.86. The molecule has 9 heteroatoms. The van der Waals surface area contributed by atoms with Gasteiger partial charge in [-0.25, -0.2) is 0 Å². The summed E-state index contributed by atoms with van der Waals surface area (Å²) >= 11 is 18.3. The maximum Gasteiger partial charge on any atom is 0.261 e. The third-order valence-electron chi connectivity index (χ3n) is 5.34. The number of hydrogen-bond acceptors (Lipinski definition) is 4. The van der Waals surface area contributed by atoms with Gasteiger partial charge in [-0.2, -0.15) is 0 Å². The molecule has 3 rings (SSSR count). The second kappa shape index (κ2) is 12.7. The molecule has 0 bridgehead atoms. The summed E-state index contributed by atoms with van der Waals surface area (Å²) in [5.74, 6) is 0.379. The van der Waals surface area contributed by atoms with Gasteiger partial charge in [0.15, 0.2) is 6.61 Å². The minimum absolute atomic E-state index is 0.194. The van der Waals surface area contributed by atoms with Crippen LogP contribution >= 0.6 is 34.8 Å². The number of amides is 2. The Kier molecular flexibility index (Phi) is 9.66. The SMILES string of the molecule is COc1ccc(CN(C(=O)COc2ccccc2Cl)C(C)C(=O)NCc2ccc(Cl)cc2Cl)cc1. The molecule has 0 aromatic heterocycles. The molecule has 1 atom stereocenters. The lowest BCUT2D eigenvalue weighted by atomic mass is 10.1. The molecule has 0 fully saturated rings. The molecule has 1 unspecified atom stereocenters. The van der Waals surface area contributed by atoms with Gasteiger partial charge in [-0.1, -0.05) is 65.1 Å². The largest absolute Gasteiger partial charge is 0.497 e. The maximum atomic E-state index is 13.2. The second-order valence-corrected chi connectivity index (χ2v) is 8.97. The van der Waals surface area contributed by atoms with Crippen molar-refractivity contribution in [2.75, 3.05) is 13.7 Å². The number of carbonyl (C=O) groups excluding carboxylic acids is 2. The summed E-state index contributed by atoms with van der Waals surface area (Å²) in [7, 11) is 1.58. The molecular formula is C26H25Cl3N2O4. The molecule has 2 amide bonds.